The zero-order valence-corrected chi connectivity index (χ0v) is 42.1. The molecule has 66 heavy (non-hydrogen) atoms. The van der Waals surface area contributed by atoms with Gasteiger partial charge in [-0.25, -0.2) is 0 Å². The van der Waals surface area contributed by atoms with Crippen LogP contribution < -0.4 is 0 Å². The van der Waals surface area contributed by atoms with Gasteiger partial charge in [0.05, 0.1) is 0 Å². The van der Waals surface area contributed by atoms with Gasteiger partial charge in [-0.2, -0.15) is 0 Å². The molecule has 0 aliphatic heterocycles. The standard InChI is InChI=1S/C60H94O6/c1-4-7-10-13-16-19-22-25-27-29-31-32-35-38-41-44-47-50-53-59(62)65-56-57(55-64-58(61)52-49-46-43-40-37-34-24-21-18-15-12-9-6-3)66-60(63)54-51-48-45-42-39-36-33-30-28-26-23-20-17-14-11-8-5-2/h8-9,11-12,14-15,17-18,20-21,23-24,26,28,30-34,36-37,39,57H,4-7,10,13,16,19,22,25,27,29,35,38,40-56H2,1-3H3/b11-8+,12-9+,17-14+,18-15+,23-20+,24-21+,28-26+,32-31+,33-30+,37-34+,39-36+. The lowest BCUT2D eigenvalue weighted by molar-refractivity contribution is -0.167. The Morgan fingerprint density at radius 2 is 0.606 bits per heavy atom. The molecule has 0 rings (SSSR count). The highest BCUT2D eigenvalue weighted by molar-refractivity contribution is 5.71. The second-order valence-corrected chi connectivity index (χ2v) is 16.9. The number of ether oxygens (including phenoxy) is 3. The van der Waals surface area contributed by atoms with Crippen molar-refractivity contribution in [3.63, 3.8) is 0 Å². The molecular formula is C60H94O6. The van der Waals surface area contributed by atoms with Gasteiger partial charge in [0, 0.05) is 19.3 Å². The molecule has 6 heteroatoms. The fourth-order valence-electron chi connectivity index (χ4n) is 6.71. The van der Waals surface area contributed by atoms with E-state index < -0.39 is 6.10 Å². The molecule has 0 N–H and O–H groups in total. The summed E-state index contributed by atoms with van der Waals surface area (Å²) >= 11 is 0. The molecule has 0 aliphatic rings. The number of carbonyl (C=O) groups excluding carboxylic acids is 3. The van der Waals surface area contributed by atoms with Crippen molar-refractivity contribution >= 4 is 17.9 Å². The fraction of sp³-hybridized carbons (Fsp3) is 0.583. The van der Waals surface area contributed by atoms with Crippen molar-refractivity contribution in [2.45, 2.75) is 213 Å². The molecule has 0 radical (unpaired) electrons. The number of hydrogen-bond acceptors (Lipinski definition) is 6. The van der Waals surface area contributed by atoms with Crippen LogP contribution in [0, 0.1) is 0 Å². The molecular weight excluding hydrogens is 817 g/mol. The molecule has 0 spiro atoms. The Hall–Kier alpha value is -4.45. The number of hydrogen-bond donors (Lipinski definition) is 0. The Labute approximate surface area is 405 Å². The lowest BCUT2D eigenvalue weighted by Gasteiger charge is -2.18. The largest absolute Gasteiger partial charge is 0.462 e. The molecule has 1 atom stereocenters. The summed E-state index contributed by atoms with van der Waals surface area (Å²) in [4.78, 5) is 38.0. The van der Waals surface area contributed by atoms with Crippen LogP contribution >= 0.6 is 0 Å². The van der Waals surface area contributed by atoms with Crippen LogP contribution in [0.1, 0.15) is 207 Å². The average molecular weight is 911 g/mol. The summed E-state index contributed by atoms with van der Waals surface area (Å²) in [6.45, 7) is 6.26. The van der Waals surface area contributed by atoms with Crippen LogP contribution in [-0.4, -0.2) is 37.2 Å². The predicted octanol–water partition coefficient (Wildman–Crippen LogP) is 17.5. The third-order valence-electron chi connectivity index (χ3n) is 10.6. The quantitative estimate of drug-likeness (QED) is 0.0199. The Kier molecular flexibility index (Phi) is 49.6. The smallest absolute Gasteiger partial charge is 0.306 e. The highest BCUT2D eigenvalue weighted by Gasteiger charge is 2.19. The maximum atomic E-state index is 12.8. The minimum Gasteiger partial charge on any atom is -0.462 e. The summed E-state index contributed by atoms with van der Waals surface area (Å²) in [5.41, 5.74) is 0. The molecule has 6 nitrogen and oxygen atoms in total. The summed E-state index contributed by atoms with van der Waals surface area (Å²) < 4.78 is 16.7. The summed E-state index contributed by atoms with van der Waals surface area (Å²) in [5.74, 6) is -1.02. The van der Waals surface area contributed by atoms with E-state index in [1.807, 2.05) is 97.2 Å². The molecule has 0 saturated heterocycles. The summed E-state index contributed by atoms with van der Waals surface area (Å²) in [5, 5.41) is 0. The summed E-state index contributed by atoms with van der Waals surface area (Å²) in [7, 11) is 0. The minimum atomic E-state index is -0.826. The van der Waals surface area contributed by atoms with Crippen molar-refractivity contribution in [1.82, 2.24) is 0 Å². The number of allylic oxidation sites excluding steroid dienone is 22. The van der Waals surface area contributed by atoms with Crippen LogP contribution in [0.25, 0.3) is 0 Å². The highest BCUT2D eigenvalue weighted by Crippen LogP contribution is 2.13. The zero-order chi connectivity index (χ0) is 47.9. The van der Waals surface area contributed by atoms with E-state index >= 15 is 0 Å². The van der Waals surface area contributed by atoms with Crippen molar-refractivity contribution in [1.29, 1.82) is 0 Å². The molecule has 0 aliphatic carbocycles. The van der Waals surface area contributed by atoms with Crippen LogP contribution in [-0.2, 0) is 28.6 Å². The second kappa shape index (κ2) is 53.2. The van der Waals surface area contributed by atoms with Gasteiger partial charge in [-0.1, -0.05) is 238 Å². The predicted molar refractivity (Wildman–Crippen MR) is 283 cm³/mol. The first kappa shape index (κ1) is 61.5. The normalized spacial score (nSPS) is 13.2. The third-order valence-corrected chi connectivity index (χ3v) is 10.6. The van der Waals surface area contributed by atoms with Crippen LogP contribution in [0.15, 0.2) is 134 Å². The van der Waals surface area contributed by atoms with Crippen molar-refractivity contribution in [2.75, 3.05) is 13.2 Å². The second-order valence-electron chi connectivity index (χ2n) is 16.9. The lowest BCUT2D eigenvalue weighted by atomic mass is 10.1. The first-order valence-electron chi connectivity index (χ1n) is 26.3. The van der Waals surface area contributed by atoms with Gasteiger partial charge in [-0.3, -0.25) is 14.4 Å². The SMILES string of the molecule is CC/C=C/C=C/C=C/C=C/C=C/C=C/CCCCCC(=O)OC(COC(=O)CCCCC/C=C/C=C/C=C/C=C/CC)COC(=O)CCCCCCC/C=C/CCCCCCCCCCC. The number of unbranched alkanes of at least 4 members (excludes halogenated alkanes) is 20. The minimum absolute atomic E-state index is 0.118. The van der Waals surface area contributed by atoms with E-state index in [0.29, 0.717) is 19.3 Å². The Bertz CT molecular complexity index is 1460. The van der Waals surface area contributed by atoms with E-state index in [4.69, 9.17) is 14.2 Å². The van der Waals surface area contributed by atoms with E-state index in [0.717, 1.165) is 89.9 Å². The van der Waals surface area contributed by atoms with Crippen LogP contribution in [0.3, 0.4) is 0 Å². The van der Waals surface area contributed by atoms with Gasteiger partial charge in [-0.05, 0) is 83.5 Å². The molecule has 370 valence electrons. The molecule has 0 aromatic carbocycles. The molecule has 0 bridgehead atoms. The van der Waals surface area contributed by atoms with Gasteiger partial charge in [-0.15, -0.1) is 0 Å². The van der Waals surface area contributed by atoms with Gasteiger partial charge < -0.3 is 14.2 Å². The summed E-state index contributed by atoms with van der Waals surface area (Å²) in [6, 6.07) is 0. The summed E-state index contributed by atoms with van der Waals surface area (Å²) in [6.07, 6.45) is 74.4. The number of carbonyl (C=O) groups is 3. The lowest BCUT2D eigenvalue weighted by Crippen LogP contribution is -2.30. The first-order chi connectivity index (χ1) is 32.5. The van der Waals surface area contributed by atoms with Crippen LogP contribution in [0.2, 0.25) is 0 Å². The Balaban J connectivity index is 4.55. The Morgan fingerprint density at radius 1 is 0.318 bits per heavy atom. The van der Waals surface area contributed by atoms with Gasteiger partial charge in [0.15, 0.2) is 6.10 Å². The molecule has 1 unspecified atom stereocenters. The van der Waals surface area contributed by atoms with Crippen LogP contribution in [0.5, 0.6) is 0 Å². The van der Waals surface area contributed by atoms with E-state index in [-0.39, 0.29) is 37.5 Å². The maximum Gasteiger partial charge on any atom is 0.306 e. The van der Waals surface area contributed by atoms with Crippen LogP contribution in [0.4, 0.5) is 0 Å². The van der Waals surface area contributed by atoms with Crippen molar-refractivity contribution in [3.8, 4) is 0 Å². The molecule has 0 heterocycles. The molecule has 0 aromatic heterocycles. The highest BCUT2D eigenvalue weighted by atomic mass is 16.6. The van der Waals surface area contributed by atoms with E-state index in [2.05, 4.69) is 57.2 Å². The molecule has 0 amide bonds. The van der Waals surface area contributed by atoms with Gasteiger partial charge in [0.25, 0.3) is 0 Å². The van der Waals surface area contributed by atoms with Gasteiger partial charge >= 0.3 is 17.9 Å². The maximum absolute atomic E-state index is 12.8. The van der Waals surface area contributed by atoms with Crippen molar-refractivity contribution in [3.05, 3.63) is 134 Å². The number of rotatable bonds is 45. The van der Waals surface area contributed by atoms with E-state index in [9.17, 15) is 14.4 Å². The Morgan fingerprint density at radius 3 is 0.985 bits per heavy atom. The fourth-order valence-corrected chi connectivity index (χ4v) is 6.71. The first-order valence-corrected chi connectivity index (χ1v) is 26.3. The van der Waals surface area contributed by atoms with Crippen molar-refractivity contribution in [2.24, 2.45) is 0 Å². The molecule has 0 saturated carbocycles. The average Bonchev–Trinajstić information content (AvgIpc) is 3.31. The topological polar surface area (TPSA) is 78.9 Å². The zero-order valence-electron chi connectivity index (χ0n) is 42.1. The van der Waals surface area contributed by atoms with Crippen molar-refractivity contribution < 1.29 is 28.6 Å². The molecule has 0 fully saturated rings. The van der Waals surface area contributed by atoms with Gasteiger partial charge in [0.1, 0.15) is 13.2 Å². The third kappa shape index (κ3) is 50.5. The van der Waals surface area contributed by atoms with Gasteiger partial charge in [0.2, 0.25) is 0 Å². The molecule has 0 aromatic rings. The van der Waals surface area contributed by atoms with E-state index in [1.165, 1.54) is 70.6 Å². The van der Waals surface area contributed by atoms with E-state index in [1.54, 1.807) is 0 Å². The number of esters is 3. The monoisotopic (exact) mass is 911 g/mol.